The molecule has 0 aliphatic carbocycles. The average molecular weight is 240 g/mol. The van der Waals surface area contributed by atoms with E-state index in [0.717, 1.165) is 16.6 Å². The van der Waals surface area contributed by atoms with Crippen molar-refractivity contribution >= 4 is 46.5 Å². The SMILES string of the molecule is C=CC(=O)O[SiH2]O[SiH2]O[SiH2]O[SiH3]. The third kappa shape index (κ3) is 8.06. The van der Waals surface area contributed by atoms with Crippen LogP contribution in [-0.4, -0.2) is 46.5 Å². The lowest BCUT2D eigenvalue weighted by atomic mass is 10.7. The number of hydrogen-bond acceptors (Lipinski definition) is 5. The summed E-state index contributed by atoms with van der Waals surface area (Å²) in [5, 5.41) is 0. The number of carbonyl (C=O) groups is 1. The standard InChI is InChI=1S/C3H12O5Si4/c1-2-3(4)5-10-7-12-8-11-6-9/h2H,1,10-12H2,9H3. The maximum absolute atomic E-state index is 10.5. The van der Waals surface area contributed by atoms with Gasteiger partial charge in [-0.1, -0.05) is 6.58 Å². The van der Waals surface area contributed by atoms with Crippen LogP contribution in [0.4, 0.5) is 0 Å². The molecular weight excluding hydrogens is 228 g/mol. The molecule has 0 heterocycles. The van der Waals surface area contributed by atoms with Gasteiger partial charge in [0.25, 0.3) is 20.0 Å². The van der Waals surface area contributed by atoms with Gasteiger partial charge in [0.05, 0.1) is 0 Å². The predicted octanol–water partition coefficient (Wildman–Crippen LogP) is -3.96. The molecule has 70 valence electrons. The molecular formula is C3H12O5Si4. The third-order valence-electron chi connectivity index (χ3n) is 0.819. The molecule has 0 unspecified atom stereocenters. The van der Waals surface area contributed by atoms with E-state index in [9.17, 15) is 4.79 Å². The smallest absolute Gasteiger partial charge is 0.360 e. The highest BCUT2D eigenvalue weighted by Crippen LogP contribution is 1.77. The molecule has 9 heteroatoms. The van der Waals surface area contributed by atoms with Crippen molar-refractivity contribution in [2.75, 3.05) is 0 Å². The van der Waals surface area contributed by atoms with Gasteiger partial charge in [0.15, 0.2) is 0 Å². The molecule has 0 spiro atoms. The Balaban J connectivity index is 3.00. The molecule has 0 aromatic heterocycles. The summed E-state index contributed by atoms with van der Waals surface area (Å²) in [7, 11) is -2.17. The molecule has 0 radical (unpaired) electrons. The van der Waals surface area contributed by atoms with E-state index in [0.29, 0.717) is 0 Å². The zero-order valence-electron chi connectivity index (χ0n) is 6.95. The molecule has 0 N–H and O–H groups in total. The molecule has 0 bridgehead atoms. The molecule has 0 atom stereocenters. The molecule has 0 saturated carbocycles. The van der Waals surface area contributed by atoms with Crippen molar-refractivity contribution in [3.63, 3.8) is 0 Å². The number of carbonyl (C=O) groups excluding carboxylic acids is 1. The zero-order chi connectivity index (χ0) is 9.23. The second-order valence-electron chi connectivity index (χ2n) is 1.72. The van der Waals surface area contributed by atoms with Gasteiger partial charge in [-0.3, -0.25) is 0 Å². The van der Waals surface area contributed by atoms with E-state index in [2.05, 4.69) is 11.0 Å². The first kappa shape index (κ1) is 12.0. The Bertz CT molecular complexity index is 141. The van der Waals surface area contributed by atoms with Crippen LogP contribution in [-0.2, 0) is 21.6 Å². The van der Waals surface area contributed by atoms with Gasteiger partial charge in [0.1, 0.15) is 10.5 Å². The van der Waals surface area contributed by atoms with Gasteiger partial charge in [-0.15, -0.1) is 0 Å². The van der Waals surface area contributed by atoms with E-state index in [1.807, 2.05) is 0 Å². The van der Waals surface area contributed by atoms with Gasteiger partial charge in [0, 0.05) is 6.08 Å². The summed E-state index contributed by atoms with van der Waals surface area (Å²) in [5.74, 6) is -0.424. The van der Waals surface area contributed by atoms with Crippen molar-refractivity contribution in [1.29, 1.82) is 0 Å². The summed E-state index contributed by atoms with van der Waals surface area (Å²) in [6, 6.07) is 0. The first-order chi connectivity index (χ1) is 5.81. The van der Waals surface area contributed by atoms with E-state index in [-0.39, 0.29) is 0 Å². The van der Waals surface area contributed by atoms with Crippen LogP contribution in [0.5, 0.6) is 0 Å². The van der Waals surface area contributed by atoms with Crippen LogP contribution in [0.2, 0.25) is 0 Å². The summed E-state index contributed by atoms with van der Waals surface area (Å²) >= 11 is 0. The summed E-state index contributed by atoms with van der Waals surface area (Å²) < 4.78 is 19.7. The average Bonchev–Trinajstić information content (AvgIpc) is 2.10. The second-order valence-corrected chi connectivity index (χ2v) is 8.29. The predicted molar refractivity (Wildman–Crippen MR) is 55.1 cm³/mol. The van der Waals surface area contributed by atoms with E-state index < -0.39 is 36.0 Å². The normalized spacial score (nSPS) is 12.7. The van der Waals surface area contributed by atoms with Gasteiger partial charge >= 0.3 is 16.0 Å². The largest absolute Gasteiger partial charge is 0.497 e. The van der Waals surface area contributed by atoms with E-state index in [1.54, 1.807) is 0 Å². The number of rotatable bonds is 7. The minimum Gasteiger partial charge on any atom is -0.497 e. The van der Waals surface area contributed by atoms with Crippen molar-refractivity contribution in [3.8, 4) is 0 Å². The minimum absolute atomic E-state index is 0.424. The summed E-state index contributed by atoms with van der Waals surface area (Å²) in [4.78, 5) is 10.5. The second kappa shape index (κ2) is 9.05. The molecule has 0 rings (SSSR count). The summed E-state index contributed by atoms with van der Waals surface area (Å²) in [6.45, 7) is 3.25. The Hall–Kier alpha value is -0.0425. The Morgan fingerprint density at radius 1 is 1.33 bits per heavy atom. The third-order valence-corrected chi connectivity index (χ3v) is 4.83. The first-order valence-electron chi connectivity index (χ1n) is 3.25. The van der Waals surface area contributed by atoms with Crippen LogP contribution < -0.4 is 0 Å². The van der Waals surface area contributed by atoms with Crippen molar-refractivity contribution in [1.82, 2.24) is 0 Å². The molecule has 5 nitrogen and oxygen atoms in total. The van der Waals surface area contributed by atoms with Gasteiger partial charge in [0.2, 0.25) is 0 Å². The molecule has 0 aromatic carbocycles. The summed E-state index contributed by atoms with van der Waals surface area (Å²) in [5.41, 5.74) is 0. The quantitative estimate of drug-likeness (QED) is 0.258. The highest BCUT2D eigenvalue weighted by atomic mass is 28.4. The van der Waals surface area contributed by atoms with Gasteiger partial charge in [-0.25, -0.2) is 4.79 Å². The topological polar surface area (TPSA) is 54.0 Å². The summed E-state index contributed by atoms with van der Waals surface area (Å²) in [6.07, 6.45) is 1.12. The minimum atomic E-state index is -1.18. The Morgan fingerprint density at radius 2 is 2.00 bits per heavy atom. The lowest BCUT2D eigenvalue weighted by molar-refractivity contribution is -0.129. The van der Waals surface area contributed by atoms with Gasteiger partial charge in [-0.2, -0.15) is 0 Å². The monoisotopic (exact) mass is 240 g/mol. The lowest BCUT2D eigenvalue weighted by Crippen LogP contribution is -2.16. The fraction of sp³-hybridized carbons (Fsp3) is 0. The van der Waals surface area contributed by atoms with Crippen molar-refractivity contribution in [3.05, 3.63) is 12.7 Å². The van der Waals surface area contributed by atoms with Crippen molar-refractivity contribution in [2.45, 2.75) is 0 Å². The van der Waals surface area contributed by atoms with Crippen LogP contribution in [0.3, 0.4) is 0 Å². The van der Waals surface area contributed by atoms with Crippen LogP contribution >= 0.6 is 0 Å². The molecule has 0 saturated heterocycles. The lowest BCUT2D eigenvalue weighted by Gasteiger charge is -2.03. The first-order valence-corrected chi connectivity index (χ1v) is 7.53. The molecule has 0 aliphatic heterocycles. The Labute approximate surface area is 81.2 Å². The Morgan fingerprint density at radius 3 is 2.58 bits per heavy atom. The fourth-order valence-corrected chi connectivity index (χ4v) is 5.18. The zero-order valence-corrected chi connectivity index (χ0v) is 13.2. The van der Waals surface area contributed by atoms with Crippen LogP contribution in [0.25, 0.3) is 0 Å². The highest BCUT2D eigenvalue weighted by Gasteiger charge is 1.95. The van der Waals surface area contributed by atoms with E-state index >= 15 is 0 Å². The van der Waals surface area contributed by atoms with Gasteiger partial charge < -0.3 is 16.8 Å². The van der Waals surface area contributed by atoms with Gasteiger partial charge in [-0.05, 0) is 0 Å². The van der Waals surface area contributed by atoms with Crippen LogP contribution in [0, 0.1) is 0 Å². The van der Waals surface area contributed by atoms with Crippen LogP contribution in [0.1, 0.15) is 0 Å². The van der Waals surface area contributed by atoms with Crippen molar-refractivity contribution in [2.24, 2.45) is 0 Å². The molecule has 0 amide bonds. The fourth-order valence-electron chi connectivity index (χ4n) is 0.369. The molecule has 0 aliphatic rings. The maximum atomic E-state index is 10.5. The van der Waals surface area contributed by atoms with Crippen LogP contribution in [0.15, 0.2) is 12.7 Å². The van der Waals surface area contributed by atoms with Crippen molar-refractivity contribution < 1.29 is 21.6 Å². The molecule has 0 fully saturated rings. The molecule has 0 aromatic rings. The number of hydrogen-bond donors (Lipinski definition) is 0. The van der Waals surface area contributed by atoms with E-state index in [4.69, 9.17) is 12.3 Å². The van der Waals surface area contributed by atoms with E-state index in [1.165, 1.54) is 0 Å². The molecule has 12 heavy (non-hydrogen) atoms. The Kier molecular flexibility index (Phi) is 9.02. The highest BCUT2D eigenvalue weighted by molar-refractivity contribution is 6.43. The maximum Gasteiger partial charge on any atom is 0.360 e.